The molecule has 20 heavy (non-hydrogen) atoms. The van der Waals surface area contributed by atoms with Crippen LogP contribution in [0, 0.1) is 5.92 Å². The molecule has 6 nitrogen and oxygen atoms in total. The maximum atomic E-state index is 11.7. The monoisotopic (exact) mass is 277 g/mol. The van der Waals surface area contributed by atoms with Crippen molar-refractivity contribution >= 4 is 12.0 Å². The van der Waals surface area contributed by atoms with Crippen LogP contribution in [0.4, 0.5) is 4.79 Å². The van der Waals surface area contributed by atoms with Gasteiger partial charge in [-0.1, -0.05) is 6.07 Å². The van der Waals surface area contributed by atoms with Crippen molar-refractivity contribution in [1.82, 2.24) is 15.6 Å². The molecule has 0 aromatic carbocycles. The number of carbonyl (C=O) groups is 2. The van der Waals surface area contributed by atoms with Crippen molar-refractivity contribution < 1.29 is 14.7 Å². The van der Waals surface area contributed by atoms with Crippen molar-refractivity contribution in [3.05, 3.63) is 30.1 Å². The summed E-state index contributed by atoms with van der Waals surface area (Å²) in [5.74, 6) is -1.10. The first-order chi connectivity index (χ1) is 9.65. The van der Waals surface area contributed by atoms with Crippen LogP contribution in [0.25, 0.3) is 0 Å². The zero-order valence-electron chi connectivity index (χ0n) is 11.2. The van der Waals surface area contributed by atoms with Gasteiger partial charge in [-0.25, -0.2) is 4.79 Å². The molecule has 3 N–H and O–H groups in total. The van der Waals surface area contributed by atoms with E-state index in [1.54, 1.807) is 6.20 Å². The molecule has 1 heterocycles. The third kappa shape index (κ3) is 4.22. The first-order valence-corrected chi connectivity index (χ1v) is 6.82. The lowest BCUT2D eigenvalue weighted by Gasteiger charge is -2.13. The van der Waals surface area contributed by atoms with Gasteiger partial charge in [0.2, 0.25) is 0 Å². The molecule has 108 valence electrons. The highest BCUT2D eigenvalue weighted by atomic mass is 16.4. The summed E-state index contributed by atoms with van der Waals surface area (Å²) in [6, 6.07) is 5.40. The highest BCUT2D eigenvalue weighted by Gasteiger charge is 2.30. The Bertz CT molecular complexity index is 464. The van der Waals surface area contributed by atoms with Gasteiger partial charge in [-0.3, -0.25) is 9.78 Å². The molecule has 1 fully saturated rings. The molecule has 1 aliphatic carbocycles. The van der Waals surface area contributed by atoms with Gasteiger partial charge >= 0.3 is 12.0 Å². The third-order valence-electron chi connectivity index (χ3n) is 3.51. The minimum absolute atomic E-state index is 0.0362. The summed E-state index contributed by atoms with van der Waals surface area (Å²) >= 11 is 0. The van der Waals surface area contributed by atoms with Gasteiger partial charge in [0.05, 0.1) is 5.92 Å². The molecule has 1 saturated carbocycles. The number of hydrogen-bond acceptors (Lipinski definition) is 3. The van der Waals surface area contributed by atoms with E-state index >= 15 is 0 Å². The van der Waals surface area contributed by atoms with Crippen molar-refractivity contribution in [2.75, 3.05) is 6.54 Å². The standard InChI is InChI=1S/C14H19N3O3/c18-13(19)10-4-5-12(9-10)17-14(20)16-8-6-11-3-1-2-7-15-11/h1-3,7,10,12H,4-6,8-9H2,(H,18,19)(H2,16,17,20). The van der Waals surface area contributed by atoms with E-state index in [9.17, 15) is 9.59 Å². The molecule has 2 rings (SSSR count). The Kier molecular flexibility index (Phi) is 4.92. The van der Waals surface area contributed by atoms with Crippen molar-refractivity contribution in [2.45, 2.75) is 31.7 Å². The summed E-state index contributed by atoms with van der Waals surface area (Å²) in [6.45, 7) is 0.512. The summed E-state index contributed by atoms with van der Waals surface area (Å²) in [4.78, 5) is 26.7. The van der Waals surface area contributed by atoms with E-state index < -0.39 is 5.97 Å². The second-order valence-electron chi connectivity index (χ2n) is 5.02. The average Bonchev–Trinajstić information content (AvgIpc) is 2.88. The Morgan fingerprint density at radius 3 is 2.85 bits per heavy atom. The van der Waals surface area contributed by atoms with Crippen molar-refractivity contribution in [3.8, 4) is 0 Å². The summed E-state index contributed by atoms with van der Waals surface area (Å²) in [6.07, 6.45) is 4.28. The number of aromatic nitrogens is 1. The molecule has 2 atom stereocenters. The first kappa shape index (κ1) is 14.3. The molecular formula is C14H19N3O3. The van der Waals surface area contributed by atoms with Gasteiger partial charge in [-0.2, -0.15) is 0 Å². The average molecular weight is 277 g/mol. The largest absolute Gasteiger partial charge is 0.481 e. The molecule has 1 aromatic rings. The number of urea groups is 1. The van der Waals surface area contributed by atoms with Crippen LogP contribution in [0.1, 0.15) is 25.0 Å². The number of carboxylic acid groups (broad SMARTS) is 1. The molecular weight excluding hydrogens is 258 g/mol. The molecule has 0 aliphatic heterocycles. The molecule has 0 bridgehead atoms. The van der Waals surface area contributed by atoms with E-state index in [0.717, 1.165) is 12.1 Å². The number of pyridine rings is 1. The summed E-state index contributed by atoms with van der Waals surface area (Å²) in [5, 5.41) is 14.5. The number of hydrogen-bond donors (Lipinski definition) is 3. The number of nitrogens with one attached hydrogen (secondary N) is 2. The molecule has 1 aliphatic rings. The lowest BCUT2D eigenvalue weighted by atomic mass is 10.1. The summed E-state index contributed by atoms with van der Waals surface area (Å²) in [7, 11) is 0. The van der Waals surface area contributed by atoms with Gasteiger partial charge in [-0.15, -0.1) is 0 Å². The Morgan fingerprint density at radius 2 is 2.20 bits per heavy atom. The molecule has 2 unspecified atom stereocenters. The summed E-state index contributed by atoms with van der Waals surface area (Å²) < 4.78 is 0. The van der Waals surface area contributed by atoms with Crippen LogP contribution in [0.2, 0.25) is 0 Å². The van der Waals surface area contributed by atoms with Crippen LogP contribution in [0.3, 0.4) is 0 Å². The van der Waals surface area contributed by atoms with Gasteiger partial charge in [0.25, 0.3) is 0 Å². The molecule has 0 saturated heterocycles. The fourth-order valence-electron chi connectivity index (χ4n) is 2.42. The minimum atomic E-state index is -0.773. The number of rotatable bonds is 5. The van der Waals surface area contributed by atoms with Crippen LogP contribution >= 0.6 is 0 Å². The van der Waals surface area contributed by atoms with E-state index in [4.69, 9.17) is 5.11 Å². The number of aliphatic carboxylic acids is 1. The highest BCUT2D eigenvalue weighted by Crippen LogP contribution is 2.25. The van der Waals surface area contributed by atoms with Crippen LogP contribution in [0.5, 0.6) is 0 Å². The van der Waals surface area contributed by atoms with Gasteiger partial charge in [0.15, 0.2) is 0 Å². The van der Waals surface area contributed by atoms with Crippen LogP contribution in [-0.2, 0) is 11.2 Å². The maximum absolute atomic E-state index is 11.7. The third-order valence-corrected chi connectivity index (χ3v) is 3.51. The molecule has 6 heteroatoms. The number of amides is 2. The molecule has 1 aromatic heterocycles. The van der Waals surface area contributed by atoms with Crippen LogP contribution < -0.4 is 10.6 Å². The Morgan fingerprint density at radius 1 is 1.35 bits per heavy atom. The zero-order valence-corrected chi connectivity index (χ0v) is 11.2. The van der Waals surface area contributed by atoms with E-state index in [1.807, 2.05) is 18.2 Å². The second kappa shape index (κ2) is 6.88. The van der Waals surface area contributed by atoms with Crippen molar-refractivity contribution in [2.24, 2.45) is 5.92 Å². The molecule has 0 radical (unpaired) electrons. The Hall–Kier alpha value is -2.11. The Balaban J connectivity index is 1.65. The zero-order chi connectivity index (χ0) is 14.4. The minimum Gasteiger partial charge on any atom is -0.481 e. The van der Waals surface area contributed by atoms with Crippen LogP contribution in [-0.4, -0.2) is 34.7 Å². The Labute approximate surface area is 117 Å². The predicted octanol–water partition coefficient (Wildman–Crippen LogP) is 1.18. The van der Waals surface area contributed by atoms with Crippen molar-refractivity contribution in [3.63, 3.8) is 0 Å². The van der Waals surface area contributed by atoms with Gasteiger partial charge in [-0.05, 0) is 31.4 Å². The van der Waals surface area contributed by atoms with Gasteiger partial charge in [0, 0.05) is 30.9 Å². The summed E-state index contributed by atoms with van der Waals surface area (Å²) in [5.41, 5.74) is 0.930. The smallest absolute Gasteiger partial charge is 0.315 e. The highest BCUT2D eigenvalue weighted by molar-refractivity contribution is 5.75. The maximum Gasteiger partial charge on any atom is 0.315 e. The second-order valence-corrected chi connectivity index (χ2v) is 5.02. The number of carbonyl (C=O) groups excluding carboxylic acids is 1. The van der Waals surface area contributed by atoms with Crippen molar-refractivity contribution in [1.29, 1.82) is 0 Å². The fourth-order valence-corrected chi connectivity index (χ4v) is 2.42. The van der Waals surface area contributed by atoms with Gasteiger partial charge < -0.3 is 15.7 Å². The van der Waals surface area contributed by atoms with E-state index in [1.165, 1.54) is 0 Å². The van der Waals surface area contributed by atoms with Crippen LogP contribution in [0.15, 0.2) is 24.4 Å². The topological polar surface area (TPSA) is 91.3 Å². The van der Waals surface area contributed by atoms with Gasteiger partial charge in [0.1, 0.15) is 0 Å². The molecule has 0 spiro atoms. The normalized spacial score (nSPS) is 21.4. The number of carboxylic acids is 1. The SMILES string of the molecule is O=C(NCCc1ccccn1)NC1CCC(C(=O)O)C1. The quantitative estimate of drug-likeness (QED) is 0.753. The van der Waals surface area contributed by atoms with E-state index in [2.05, 4.69) is 15.6 Å². The molecule has 2 amide bonds. The lowest BCUT2D eigenvalue weighted by molar-refractivity contribution is -0.141. The first-order valence-electron chi connectivity index (χ1n) is 6.82. The fraction of sp³-hybridized carbons (Fsp3) is 0.500. The lowest BCUT2D eigenvalue weighted by Crippen LogP contribution is -2.41. The van der Waals surface area contributed by atoms with E-state index in [-0.39, 0.29) is 18.0 Å². The number of nitrogens with zero attached hydrogens (tertiary/aromatic N) is 1. The van der Waals surface area contributed by atoms with E-state index in [0.29, 0.717) is 25.8 Å². The predicted molar refractivity (Wildman–Crippen MR) is 73.2 cm³/mol.